The number of fused-ring (bicyclic) bond motifs is 2. The van der Waals surface area contributed by atoms with Crippen molar-refractivity contribution in [3.8, 4) is 0 Å². The van der Waals surface area contributed by atoms with Crippen LogP contribution in [0.2, 0.25) is 5.02 Å². The molecule has 1 amide bonds. The second-order valence-electron chi connectivity index (χ2n) is 7.84. The minimum absolute atomic E-state index is 0.101. The second kappa shape index (κ2) is 7.50. The Kier molecular flexibility index (Phi) is 4.84. The Morgan fingerprint density at radius 1 is 1.18 bits per heavy atom. The van der Waals surface area contributed by atoms with Gasteiger partial charge in [0.05, 0.1) is 27.6 Å². The zero-order valence-corrected chi connectivity index (χ0v) is 19.3. The van der Waals surface area contributed by atoms with Crippen molar-refractivity contribution in [2.45, 2.75) is 26.8 Å². The van der Waals surface area contributed by atoms with Crippen molar-refractivity contribution in [1.29, 1.82) is 0 Å². The zero-order valence-electron chi connectivity index (χ0n) is 17.7. The summed E-state index contributed by atoms with van der Waals surface area (Å²) in [6.07, 6.45) is 0. The summed E-state index contributed by atoms with van der Waals surface area (Å²) in [4.78, 5) is 44.9. The Labute approximate surface area is 196 Å². The number of anilines is 1. The molecular weight excluding hydrogens is 466 g/mol. The molecule has 33 heavy (non-hydrogen) atoms. The van der Waals surface area contributed by atoms with Crippen molar-refractivity contribution in [2.24, 2.45) is 0 Å². The van der Waals surface area contributed by atoms with Gasteiger partial charge in [-0.1, -0.05) is 23.7 Å². The minimum atomic E-state index is -0.932. The summed E-state index contributed by atoms with van der Waals surface area (Å²) in [5.74, 6) is -0.627. The molecule has 3 heterocycles. The molecule has 0 radical (unpaired) electrons. The molecule has 0 N–H and O–H groups in total. The van der Waals surface area contributed by atoms with Crippen LogP contribution in [0.1, 0.15) is 43.9 Å². The molecular formula is C23H16ClN3O5S. The Balaban J connectivity index is 1.84. The maximum absolute atomic E-state index is 13.6. The Morgan fingerprint density at radius 3 is 2.61 bits per heavy atom. The lowest BCUT2D eigenvalue weighted by molar-refractivity contribution is -0.384. The molecule has 0 aliphatic carbocycles. The van der Waals surface area contributed by atoms with Crippen LogP contribution in [0.25, 0.3) is 11.0 Å². The molecule has 10 heteroatoms. The summed E-state index contributed by atoms with van der Waals surface area (Å²) < 4.78 is 5.94. The number of nitrogens with zero attached hydrogens (tertiary/aromatic N) is 3. The van der Waals surface area contributed by atoms with Gasteiger partial charge in [-0.05, 0) is 44.0 Å². The summed E-state index contributed by atoms with van der Waals surface area (Å²) in [7, 11) is 0. The van der Waals surface area contributed by atoms with Gasteiger partial charge in [0, 0.05) is 22.0 Å². The largest absolute Gasteiger partial charge is 0.450 e. The van der Waals surface area contributed by atoms with Gasteiger partial charge in [0.2, 0.25) is 5.76 Å². The van der Waals surface area contributed by atoms with E-state index >= 15 is 0 Å². The average molecular weight is 482 g/mol. The van der Waals surface area contributed by atoms with E-state index in [9.17, 15) is 19.7 Å². The second-order valence-corrected chi connectivity index (χ2v) is 9.43. The van der Waals surface area contributed by atoms with Crippen molar-refractivity contribution in [3.05, 3.63) is 94.8 Å². The third-order valence-electron chi connectivity index (χ3n) is 5.77. The van der Waals surface area contributed by atoms with Crippen LogP contribution < -0.4 is 10.3 Å². The minimum Gasteiger partial charge on any atom is -0.450 e. The van der Waals surface area contributed by atoms with Crippen LogP contribution in [0.15, 0.2) is 45.6 Å². The van der Waals surface area contributed by atoms with E-state index in [1.165, 1.54) is 40.5 Å². The SMILES string of the molecule is Cc1cc2oc3c(c(=O)c2cc1Cl)C(c1cccc([N+](=O)[O-])c1)N(c1nc(C)c(C)s1)C3=O. The van der Waals surface area contributed by atoms with E-state index in [2.05, 4.69) is 4.98 Å². The van der Waals surface area contributed by atoms with Crippen LogP contribution >= 0.6 is 22.9 Å². The fourth-order valence-electron chi connectivity index (χ4n) is 3.97. The van der Waals surface area contributed by atoms with Gasteiger partial charge in [0.1, 0.15) is 5.58 Å². The van der Waals surface area contributed by atoms with Crippen molar-refractivity contribution in [1.82, 2.24) is 4.98 Å². The summed E-state index contributed by atoms with van der Waals surface area (Å²) in [6, 6.07) is 8.09. The molecule has 5 rings (SSSR count). The lowest BCUT2D eigenvalue weighted by Gasteiger charge is -2.22. The molecule has 2 aromatic carbocycles. The van der Waals surface area contributed by atoms with E-state index in [1.807, 2.05) is 13.8 Å². The van der Waals surface area contributed by atoms with Crippen LogP contribution in [0, 0.1) is 30.9 Å². The number of nitro groups is 1. The van der Waals surface area contributed by atoms with Crippen molar-refractivity contribution in [2.75, 3.05) is 4.90 Å². The first-order chi connectivity index (χ1) is 15.7. The standard InChI is InChI=1S/C23H16ClN3O5S/c1-10-7-17-15(9-16(10)24)20(28)18-19(13-5-4-6-14(8-13)27(30)31)26(22(29)21(18)32-17)23-25-11(2)12(3)33-23/h4-9,19H,1-3H3. The maximum atomic E-state index is 13.6. The van der Waals surface area contributed by atoms with E-state index in [-0.39, 0.29) is 28.0 Å². The van der Waals surface area contributed by atoms with Crippen LogP contribution in [0.3, 0.4) is 0 Å². The van der Waals surface area contributed by atoms with E-state index in [0.29, 0.717) is 21.3 Å². The van der Waals surface area contributed by atoms with Gasteiger partial charge in [-0.2, -0.15) is 0 Å². The summed E-state index contributed by atoms with van der Waals surface area (Å²) in [6.45, 7) is 5.49. The fourth-order valence-corrected chi connectivity index (χ4v) is 5.07. The molecule has 0 saturated carbocycles. The van der Waals surface area contributed by atoms with Gasteiger partial charge in [0.25, 0.3) is 11.6 Å². The van der Waals surface area contributed by atoms with Crippen molar-refractivity contribution in [3.63, 3.8) is 0 Å². The van der Waals surface area contributed by atoms with Crippen LogP contribution in [-0.4, -0.2) is 15.8 Å². The molecule has 1 aliphatic rings. The van der Waals surface area contributed by atoms with Gasteiger partial charge in [0.15, 0.2) is 10.6 Å². The number of aromatic nitrogens is 1. The van der Waals surface area contributed by atoms with Gasteiger partial charge >= 0.3 is 0 Å². The number of carbonyl (C=O) groups excluding carboxylic acids is 1. The highest BCUT2D eigenvalue weighted by Gasteiger charge is 2.45. The van der Waals surface area contributed by atoms with Crippen molar-refractivity contribution < 1.29 is 14.1 Å². The number of thiazole rings is 1. The van der Waals surface area contributed by atoms with E-state index in [0.717, 1.165) is 10.6 Å². The molecule has 1 aliphatic heterocycles. The average Bonchev–Trinajstić information content (AvgIpc) is 3.26. The predicted octanol–water partition coefficient (Wildman–Crippen LogP) is 5.49. The first kappa shape index (κ1) is 21.3. The van der Waals surface area contributed by atoms with Crippen LogP contribution in [0.5, 0.6) is 0 Å². The number of halogens is 1. The lowest BCUT2D eigenvalue weighted by atomic mass is 9.98. The number of benzene rings is 2. The quantitative estimate of drug-likeness (QED) is 0.283. The molecule has 2 aromatic heterocycles. The van der Waals surface area contributed by atoms with Crippen LogP contribution in [-0.2, 0) is 0 Å². The van der Waals surface area contributed by atoms with Crippen LogP contribution in [0.4, 0.5) is 10.8 Å². The molecule has 1 atom stereocenters. The summed E-state index contributed by atoms with van der Waals surface area (Å²) in [5, 5.41) is 12.4. The number of rotatable bonds is 3. The molecule has 0 bridgehead atoms. The number of hydrogen-bond acceptors (Lipinski definition) is 7. The first-order valence-electron chi connectivity index (χ1n) is 9.96. The Bertz CT molecular complexity index is 1540. The van der Waals surface area contributed by atoms with Gasteiger partial charge in [-0.3, -0.25) is 24.6 Å². The Hall–Kier alpha value is -3.56. The number of non-ortho nitro benzene ring substituents is 1. The molecule has 8 nitrogen and oxygen atoms in total. The van der Waals surface area contributed by atoms with Crippen molar-refractivity contribution >= 4 is 50.6 Å². The van der Waals surface area contributed by atoms with Gasteiger partial charge < -0.3 is 4.42 Å². The lowest BCUT2D eigenvalue weighted by Crippen LogP contribution is -2.29. The Morgan fingerprint density at radius 2 is 1.94 bits per heavy atom. The first-order valence-corrected chi connectivity index (χ1v) is 11.2. The molecule has 0 saturated heterocycles. The van der Waals surface area contributed by atoms with E-state index < -0.39 is 22.3 Å². The number of nitro benzene ring substituents is 1. The third-order valence-corrected chi connectivity index (χ3v) is 7.25. The van der Waals surface area contributed by atoms with Gasteiger partial charge in [-0.25, -0.2) is 4.98 Å². The smallest absolute Gasteiger partial charge is 0.297 e. The number of aryl methyl sites for hydroxylation is 3. The topological polar surface area (TPSA) is 107 Å². The molecule has 0 spiro atoms. The third kappa shape index (κ3) is 3.23. The number of carbonyl (C=O) groups is 1. The molecule has 0 fully saturated rings. The summed E-state index contributed by atoms with van der Waals surface area (Å²) in [5.41, 5.74) is 1.67. The number of amides is 1. The van der Waals surface area contributed by atoms with Gasteiger partial charge in [-0.15, -0.1) is 11.3 Å². The zero-order chi connectivity index (χ0) is 23.6. The predicted molar refractivity (Wildman–Crippen MR) is 126 cm³/mol. The monoisotopic (exact) mass is 481 g/mol. The highest BCUT2D eigenvalue weighted by Crippen LogP contribution is 2.43. The highest BCUT2D eigenvalue weighted by atomic mass is 35.5. The number of hydrogen-bond donors (Lipinski definition) is 0. The van der Waals surface area contributed by atoms with E-state index in [4.69, 9.17) is 16.0 Å². The molecule has 1 unspecified atom stereocenters. The summed E-state index contributed by atoms with van der Waals surface area (Å²) >= 11 is 7.56. The van der Waals surface area contributed by atoms with E-state index in [1.54, 1.807) is 19.1 Å². The molecule has 4 aromatic rings. The fraction of sp³-hybridized carbons (Fsp3) is 0.174. The molecule has 166 valence electrons. The normalized spacial score (nSPS) is 15.3. The highest BCUT2D eigenvalue weighted by molar-refractivity contribution is 7.15. The maximum Gasteiger partial charge on any atom is 0.297 e.